The lowest BCUT2D eigenvalue weighted by molar-refractivity contribution is -0.123. The second-order valence-electron chi connectivity index (χ2n) is 6.81. The number of pyridine rings is 1. The lowest BCUT2D eigenvalue weighted by Gasteiger charge is -2.23. The minimum atomic E-state index is -0.825. The number of hydrogen-bond donors (Lipinski definition) is 3. The van der Waals surface area contributed by atoms with Gasteiger partial charge in [0, 0.05) is 13.5 Å². The third-order valence-corrected chi connectivity index (χ3v) is 4.74. The Bertz CT molecular complexity index is 1140. The van der Waals surface area contributed by atoms with Gasteiger partial charge in [0.2, 0.25) is 0 Å². The lowest BCUT2D eigenvalue weighted by Crippen LogP contribution is -2.39. The zero-order chi connectivity index (χ0) is 21.3. The molecule has 0 fully saturated rings. The van der Waals surface area contributed by atoms with Crippen LogP contribution in [0, 0.1) is 5.82 Å². The number of halogens is 1. The first-order valence-electron chi connectivity index (χ1n) is 9.17. The molecule has 3 aromatic rings. The number of anilines is 1. The highest BCUT2D eigenvalue weighted by atomic mass is 19.1. The van der Waals surface area contributed by atoms with Crippen molar-refractivity contribution in [2.24, 2.45) is 7.05 Å². The van der Waals surface area contributed by atoms with Crippen molar-refractivity contribution in [3.05, 3.63) is 77.6 Å². The van der Waals surface area contributed by atoms with Crippen molar-refractivity contribution in [2.75, 3.05) is 5.32 Å². The molecule has 152 valence electrons. The SMILES string of the molecule is Cn1nc(C2CC(O)=C(C(=O)Nc3ccc(F)cn3)C(=O)N2)cc1-c1ccccc1. The van der Waals surface area contributed by atoms with Crippen LogP contribution in [0.25, 0.3) is 11.3 Å². The molecule has 0 bridgehead atoms. The first-order valence-corrected chi connectivity index (χ1v) is 9.17. The number of carbonyl (C=O) groups excluding carboxylic acids is 2. The van der Waals surface area contributed by atoms with Crippen LogP contribution in [0.15, 0.2) is 66.1 Å². The predicted molar refractivity (Wildman–Crippen MR) is 107 cm³/mol. The van der Waals surface area contributed by atoms with Gasteiger partial charge in [0.25, 0.3) is 11.8 Å². The number of hydrogen-bond acceptors (Lipinski definition) is 5. The summed E-state index contributed by atoms with van der Waals surface area (Å²) < 4.78 is 14.6. The average molecular weight is 407 g/mol. The molecule has 0 radical (unpaired) electrons. The maximum atomic E-state index is 12.9. The number of aryl methyl sites for hydroxylation is 1. The fourth-order valence-corrected chi connectivity index (χ4v) is 3.29. The Balaban J connectivity index is 1.55. The van der Waals surface area contributed by atoms with Crippen LogP contribution >= 0.6 is 0 Å². The molecular weight excluding hydrogens is 389 g/mol. The average Bonchev–Trinajstić information content (AvgIpc) is 3.11. The lowest BCUT2D eigenvalue weighted by atomic mass is 9.99. The van der Waals surface area contributed by atoms with E-state index < -0.39 is 29.2 Å². The molecule has 1 unspecified atom stereocenters. The summed E-state index contributed by atoms with van der Waals surface area (Å²) in [5.74, 6) is -2.40. The van der Waals surface area contributed by atoms with Crippen LogP contribution < -0.4 is 10.6 Å². The molecule has 8 nitrogen and oxygen atoms in total. The fourth-order valence-electron chi connectivity index (χ4n) is 3.29. The zero-order valence-electron chi connectivity index (χ0n) is 16.0. The third-order valence-electron chi connectivity index (χ3n) is 4.74. The topological polar surface area (TPSA) is 109 Å². The Morgan fingerprint density at radius 2 is 2.03 bits per heavy atom. The number of aromatic nitrogens is 3. The molecule has 0 saturated carbocycles. The highest BCUT2D eigenvalue weighted by Gasteiger charge is 2.33. The number of nitrogens with one attached hydrogen (secondary N) is 2. The van der Waals surface area contributed by atoms with Gasteiger partial charge in [-0.1, -0.05) is 30.3 Å². The van der Waals surface area contributed by atoms with E-state index >= 15 is 0 Å². The Morgan fingerprint density at radius 1 is 1.27 bits per heavy atom. The van der Waals surface area contributed by atoms with Gasteiger partial charge in [-0.2, -0.15) is 5.10 Å². The normalized spacial score (nSPS) is 16.3. The molecule has 1 aromatic carbocycles. The summed E-state index contributed by atoms with van der Waals surface area (Å²) in [6.07, 6.45) is 0.947. The molecule has 1 aliphatic rings. The van der Waals surface area contributed by atoms with Gasteiger partial charge < -0.3 is 15.7 Å². The number of carbonyl (C=O) groups is 2. The molecule has 0 saturated heterocycles. The van der Waals surface area contributed by atoms with Gasteiger partial charge in [0.05, 0.1) is 23.6 Å². The minimum Gasteiger partial charge on any atom is -0.511 e. The van der Waals surface area contributed by atoms with Crippen LogP contribution in [0.4, 0.5) is 10.2 Å². The van der Waals surface area contributed by atoms with E-state index in [1.54, 1.807) is 11.7 Å². The third kappa shape index (κ3) is 3.77. The highest BCUT2D eigenvalue weighted by Crippen LogP contribution is 2.29. The van der Waals surface area contributed by atoms with Gasteiger partial charge in [0.1, 0.15) is 23.0 Å². The standard InChI is InChI=1S/C21H18FN5O3/c1-27-16(12-5-3-2-4-6-12)9-15(26-27)14-10-17(28)19(20(29)24-14)21(30)25-18-8-7-13(22)11-23-18/h2-9,11,14,28H,10H2,1H3,(H,24,29)(H,23,25,30). The molecule has 2 amide bonds. The highest BCUT2D eigenvalue weighted by molar-refractivity contribution is 6.23. The molecule has 9 heteroatoms. The molecule has 0 aliphatic carbocycles. The molecular formula is C21H18FN5O3. The summed E-state index contributed by atoms with van der Waals surface area (Å²) in [5.41, 5.74) is 1.98. The summed E-state index contributed by atoms with van der Waals surface area (Å²) in [5, 5.41) is 19.9. The van der Waals surface area contributed by atoms with Crippen molar-refractivity contribution in [1.82, 2.24) is 20.1 Å². The largest absolute Gasteiger partial charge is 0.511 e. The van der Waals surface area contributed by atoms with Gasteiger partial charge in [-0.25, -0.2) is 9.37 Å². The second kappa shape index (κ2) is 7.78. The fraction of sp³-hybridized carbons (Fsp3) is 0.143. The second-order valence-corrected chi connectivity index (χ2v) is 6.81. The van der Waals surface area contributed by atoms with Gasteiger partial charge >= 0.3 is 0 Å². The molecule has 1 atom stereocenters. The van der Waals surface area contributed by atoms with E-state index in [9.17, 15) is 19.1 Å². The summed E-state index contributed by atoms with van der Waals surface area (Å²) in [4.78, 5) is 28.7. The van der Waals surface area contributed by atoms with Gasteiger partial charge in [-0.15, -0.1) is 0 Å². The maximum absolute atomic E-state index is 12.9. The zero-order valence-corrected chi connectivity index (χ0v) is 16.0. The summed E-state index contributed by atoms with van der Waals surface area (Å²) in [6, 6.07) is 13.3. The number of nitrogens with zero attached hydrogens (tertiary/aromatic N) is 3. The predicted octanol–water partition coefficient (Wildman–Crippen LogP) is 2.63. The van der Waals surface area contributed by atoms with Gasteiger partial charge in [-0.05, 0) is 23.8 Å². The van der Waals surface area contributed by atoms with E-state index in [2.05, 4.69) is 20.7 Å². The Morgan fingerprint density at radius 3 is 2.70 bits per heavy atom. The Labute approximate surface area is 171 Å². The van der Waals surface area contributed by atoms with Crippen LogP contribution in [-0.4, -0.2) is 31.7 Å². The van der Waals surface area contributed by atoms with Gasteiger partial charge in [-0.3, -0.25) is 14.3 Å². The van der Waals surface area contributed by atoms with Crippen molar-refractivity contribution < 1.29 is 19.1 Å². The van der Waals surface area contributed by atoms with Crippen LogP contribution in [0.5, 0.6) is 0 Å². The van der Waals surface area contributed by atoms with Gasteiger partial charge in [0.15, 0.2) is 0 Å². The van der Waals surface area contributed by atoms with Crippen LogP contribution in [0.2, 0.25) is 0 Å². The molecule has 0 spiro atoms. The Hall–Kier alpha value is -4.01. The Kier molecular flexibility index (Phi) is 5.01. The van der Waals surface area contributed by atoms with Crippen molar-refractivity contribution in [3.63, 3.8) is 0 Å². The number of aliphatic hydroxyl groups is 1. The van der Waals surface area contributed by atoms with Crippen LogP contribution in [0.1, 0.15) is 18.2 Å². The molecule has 4 rings (SSSR count). The van der Waals surface area contributed by atoms with Crippen molar-refractivity contribution in [1.29, 1.82) is 0 Å². The van der Waals surface area contributed by atoms with E-state index in [0.29, 0.717) is 5.69 Å². The maximum Gasteiger partial charge on any atom is 0.265 e. The van der Waals surface area contributed by atoms with Crippen LogP contribution in [-0.2, 0) is 16.6 Å². The van der Waals surface area contributed by atoms with Crippen molar-refractivity contribution in [2.45, 2.75) is 12.5 Å². The van der Waals surface area contributed by atoms with E-state index in [1.807, 2.05) is 36.4 Å². The smallest absolute Gasteiger partial charge is 0.265 e. The summed E-state index contributed by atoms with van der Waals surface area (Å²) >= 11 is 0. The van der Waals surface area contributed by atoms with E-state index in [-0.39, 0.29) is 18.0 Å². The number of benzene rings is 1. The number of aliphatic hydroxyl groups excluding tert-OH is 1. The van der Waals surface area contributed by atoms with Crippen LogP contribution in [0.3, 0.4) is 0 Å². The quantitative estimate of drug-likeness (QED) is 0.576. The molecule has 30 heavy (non-hydrogen) atoms. The first-order chi connectivity index (χ1) is 14.4. The molecule has 3 N–H and O–H groups in total. The molecule has 2 aromatic heterocycles. The van der Waals surface area contributed by atoms with Crippen molar-refractivity contribution in [3.8, 4) is 11.3 Å². The monoisotopic (exact) mass is 407 g/mol. The van der Waals surface area contributed by atoms with E-state index in [4.69, 9.17) is 0 Å². The van der Waals surface area contributed by atoms with E-state index in [1.165, 1.54) is 6.07 Å². The number of amides is 2. The van der Waals surface area contributed by atoms with E-state index in [0.717, 1.165) is 23.5 Å². The number of rotatable bonds is 4. The minimum absolute atomic E-state index is 0.0105. The molecule has 3 heterocycles. The van der Waals surface area contributed by atoms with Crippen molar-refractivity contribution >= 4 is 17.6 Å². The summed E-state index contributed by atoms with van der Waals surface area (Å²) in [7, 11) is 1.79. The first kappa shape index (κ1) is 19.3. The molecule has 1 aliphatic heterocycles. The summed E-state index contributed by atoms with van der Waals surface area (Å²) in [6.45, 7) is 0.